The zero-order valence-electron chi connectivity index (χ0n) is 11.7. The monoisotopic (exact) mass is 275 g/mol. The Hall–Kier alpha value is -1.32. The van der Waals surface area contributed by atoms with E-state index in [1.54, 1.807) is 11.3 Å². The first kappa shape index (κ1) is 14.1. The lowest BCUT2D eigenvalue weighted by molar-refractivity contribution is 0.182. The summed E-state index contributed by atoms with van der Waals surface area (Å²) in [6, 6.07) is 8.20. The number of rotatable bonds is 4. The molecule has 102 valence electrons. The van der Waals surface area contributed by atoms with Gasteiger partial charge in [-0.05, 0) is 49.1 Å². The average molecular weight is 275 g/mol. The molecule has 2 aromatic rings. The van der Waals surface area contributed by atoms with Crippen LogP contribution in [0.25, 0.3) is 0 Å². The van der Waals surface area contributed by atoms with Gasteiger partial charge in [0.2, 0.25) is 0 Å². The first-order valence-corrected chi connectivity index (χ1v) is 7.45. The van der Waals surface area contributed by atoms with Crippen molar-refractivity contribution in [2.45, 2.75) is 39.7 Å². The number of thiophene rings is 1. The lowest BCUT2D eigenvalue weighted by atomic mass is 9.99. The fraction of sp³-hybridized carbons (Fsp3) is 0.375. The summed E-state index contributed by atoms with van der Waals surface area (Å²) >= 11 is 1.68. The van der Waals surface area contributed by atoms with Crippen molar-refractivity contribution in [3.8, 4) is 0 Å². The van der Waals surface area contributed by atoms with E-state index in [1.165, 1.54) is 10.4 Å². The Morgan fingerprint density at radius 3 is 2.58 bits per heavy atom. The maximum atomic E-state index is 10.3. The Morgan fingerprint density at radius 1 is 1.21 bits per heavy atom. The van der Waals surface area contributed by atoms with Crippen LogP contribution in [-0.4, -0.2) is 5.11 Å². The van der Waals surface area contributed by atoms with E-state index >= 15 is 0 Å². The van der Waals surface area contributed by atoms with Gasteiger partial charge in [0.1, 0.15) is 0 Å². The largest absolute Gasteiger partial charge is 0.398 e. The van der Waals surface area contributed by atoms with Crippen LogP contribution in [0.15, 0.2) is 24.3 Å². The molecular weight excluding hydrogens is 254 g/mol. The highest BCUT2D eigenvalue weighted by Crippen LogP contribution is 2.29. The van der Waals surface area contributed by atoms with Crippen LogP contribution < -0.4 is 5.73 Å². The topological polar surface area (TPSA) is 46.2 Å². The molecule has 0 fully saturated rings. The van der Waals surface area contributed by atoms with Crippen molar-refractivity contribution in [3.05, 3.63) is 50.7 Å². The first-order valence-electron chi connectivity index (χ1n) is 6.64. The summed E-state index contributed by atoms with van der Waals surface area (Å²) in [6.07, 6.45) is 1.13. The minimum absolute atomic E-state index is 0.463. The molecule has 0 saturated carbocycles. The Balaban J connectivity index is 2.19. The van der Waals surface area contributed by atoms with Gasteiger partial charge >= 0.3 is 0 Å². The number of aliphatic hydroxyl groups excluding tert-OH is 1. The van der Waals surface area contributed by atoms with Gasteiger partial charge in [0.15, 0.2) is 0 Å². The van der Waals surface area contributed by atoms with Gasteiger partial charge in [0.25, 0.3) is 0 Å². The molecule has 0 spiro atoms. The highest BCUT2D eigenvalue weighted by Gasteiger charge is 2.14. The molecule has 1 unspecified atom stereocenters. The van der Waals surface area contributed by atoms with Crippen LogP contribution in [0.3, 0.4) is 0 Å². The molecule has 0 saturated heterocycles. The number of aryl methyl sites for hydroxylation is 2. The third-order valence-corrected chi connectivity index (χ3v) is 4.98. The first-order chi connectivity index (χ1) is 9.02. The maximum absolute atomic E-state index is 10.3. The molecule has 0 amide bonds. The van der Waals surface area contributed by atoms with Gasteiger partial charge in [-0.15, -0.1) is 11.3 Å². The second kappa shape index (κ2) is 5.76. The highest BCUT2D eigenvalue weighted by molar-refractivity contribution is 7.12. The van der Waals surface area contributed by atoms with E-state index in [9.17, 15) is 5.11 Å². The number of anilines is 1. The standard InChI is InChI=1S/C16H21NOS/c1-4-13-7-8-15(19-13)14(18)9-12-6-5-10(2)11(3)16(12)17/h5-8,14,18H,4,9,17H2,1-3H3. The van der Waals surface area contributed by atoms with E-state index in [0.29, 0.717) is 6.42 Å². The molecule has 0 aliphatic rings. The summed E-state index contributed by atoms with van der Waals surface area (Å²) in [6.45, 7) is 6.21. The molecule has 3 N–H and O–H groups in total. The van der Waals surface area contributed by atoms with Crippen molar-refractivity contribution in [1.29, 1.82) is 0 Å². The van der Waals surface area contributed by atoms with Crippen LogP contribution in [-0.2, 0) is 12.8 Å². The zero-order chi connectivity index (χ0) is 14.0. The molecule has 1 aromatic heterocycles. The summed E-state index contributed by atoms with van der Waals surface area (Å²) in [5, 5.41) is 10.3. The summed E-state index contributed by atoms with van der Waals surface area (Å²) in [7, 11) is 0. The van der Waals surface area contributed by atoms with Crippen LogP contribution in [0.1, 0.15) is 39.5 Å². The Bertz CT molecular complexity index is 574. The fourth-order valence-electron chi connectivity index (χ4n) is 2.14. The summed E-state index contributed by atoms with van der Waals surface area (Å²) in [4.78, 5) is 2.33. The van der Waals surface area contributed by atoms with E-state index < -0.39 is 6.10 Å². The van der Waals surface area contributed by atoms with Gasteiger partial charge in [-0.2, -0.15) is 0 Å². The predicted molar refractivity (Wildman–Crippen MR) is 82.7 cm³/mol. The van der Waals surface area contributed by atoms with Crippen molar-refractivity contribution in [1.82, 2.24) is 0 Å². The normalized spacial score (nSPS) is 12.6. The third-order valence-electron chi connectivity index (χ3n) is 3.65. The molecule has 1 atom stereocenters. The number of hydrogen-bond acceptors (Lipinski definition) is 3. The molecule has 1 aromatic carbocycles. The second-order valence-corrected chi connectivity index (χ2v) is 6.16. The Labute approximate surface area is 118 Å². The van der Waals surface area contributed by atoms with Gasteiger partial charge in [0, 0.05) is 21.9 Å². The van der Waals surface area contributed by atoms with Gasteiger partial charge in [-0.25, -0.2) is 0 Å². The SMILES string of the molecule is CCc1ccc(C(O)Cc2ccc(C)c(C)c2N)s1. The minimum atomic E-state index is -0.463. The lowest BCUT2D eigenvalue weighted by Crippen LogP contribution is -2.05. The van der Waals surface area contributed by atoms with Crippen molar-refractivity contribution in [2.75, 3.05) is 5.73 Å². The van der Waals surface area contributed by atoms with Crippen molar-refractivity contribution in [3.63, 3.8) is 0 Å². The van der Waals surface area contributed by atoms with E-state index in [-0.39, 0.29) is 0 Å². The number of hydrogen-bond donors (Lipinski definition) is 2. The molecule has 1 heterocycles. The van der Waals surface area contributed by atoms with Crippen LogP contribution in [0.4, 0.5) is 5.69 Å². The van der Waals surface area contributed by atoms with Crippen LogP contribution in [0, 0.1) is 13.8 Å². The lowest BCUT2D eigenvalue weighted by Gasteiger charge is -2.14. The minimum Gasteiger partial charge on any atom is -0.398 e. The van der Waals surface area contributed by atoms with E-state index in [1.807, 2.05) is 19.1 Å². The van der Waals surface area contributed by atoms with Crippen molar-refractivity contribution >= 4 is 17.0 Å². The quantitative estimate of drug-likeness (QED) is 0.834. The summed E-state index contributed by atoms with van der Waals surface area (Å²) in [5.41, 5.74) is 10.3. The highest BCUT2D eigenvalue weighted by atomic mass is 32.1. The molecule has 0 aliphatic carbocycles. The van der Waals surface area contributed by atoms with Crippen LogP contribution in [0.2, 0.25) is 0 Å². The third kappa shape index (κ3) is 2.99. The van der Waals surface area contributed by atoms with E-state index in [2.05, 4.69) is 26.0 Å². The molecule has 0 bridgehead atoms. The Morgan fingerprint density at radius 2 is 1.95 bits per heavy atom. The van der Waals surface area contributed by atoms with E-state index in [4.69, 9.17) is 5.73 Å². The van der Waals surface area contributed by atoms with Gasteiger partial charge in [-0.3, -0.25) is 0 Å². The molecule has 2 nitrogen and oxygen atoms in total. The molecule has 3 heteroatoms. The summed E-state index contributed by atoms with van der Waals surface area (Å²) < 4.78 is 0. The van der Waals surface area contributed by atoms with Gasteiger partial charge in [-0.1, -0.05) is 19.1 Å². The van der Waals surface area contributed by atoms with Crippen molar-refractivity contribution in [2.24, 2.45) is 0 Å². The molecule has 0 radical (unpaired) electrons. The number of benzene rings is 1. The fourth-order valence-corrected chi connectivity index (χ4v) is 3.08. The molecular formula is C16H21NOS. The number of aliphatic hydroxyl groups is 1. The van der Waals surface area contributed by atoms with Gasteiger partial charge < -0.3 is 10.8 Å². The zero-order valence-corrected chi connectivity index (χ0v) is 12.6. The second-order valence-electron chi connectivity index (χ2n) is 4.96. The average Bonchev–Trinajstić information content (AvgIpc) is 2.88. The smallest absolute Gasteiger partial charge is 0.0923 e. The predicted octanol–water partition coefficient (Wildman–Crippen LogP) is 3.79. The molecule has 19 heavy (non-hydrogen) atoms. The van der Waals surface area contributed by atoms with Crippen LogP contribution >= 0.6 is 11.3 Å². The number of nitrogen functional groups attached to an aromatic ring is 1. The Kier molecular flexibility index (Phi) is 4.27. The van der Waals surface area contributed by atoms with E-state index in [0.717, 1.165) is 28.1 Å². The molecule has 0 aliphatic heterocycles. The maximum Gasteiger partial charge on any atom is 0.0923 e. The number of nitrogens with two attached hydrogens (primary N) is 1. The van der Waals surface area contributed by atoms with Crippen LogP contribution in [0.5, 0.6) is 0 Å². The summed E-state index contributed by atoms with van der Waals surface area (Å²) in [5.74, 6) is 0. The molecule has 2 rings (SSSR count). The van der Waals surface area contributed by atoms with Gasteiger partial charge in [0.05, 0.1) is 6.10 Å². The van der Waals surface area contributed by atoms with Crippen molar-refractivity contribution < 1.29 is 5.11 Å².